The van der Waals surface area contributed by atoms with E-state index in [4.69, 9.17) is 11.0 Å². The third kappa shape index (κ3) is 8.27. The van der Waals surface area contributed by atoms with E-state index in [0.717, 1.165) is 25.5 Å². The van der Waals surface area contributed by atoms with E-state index in [2.05, 4.69) is 11.8 Å². The molecule has 0 aromatic heterocycles. The van der Waals surface area contributed by atoms with E-state index in [9.17, 15) is 9.59 Å². The molecule has 20 heavy (non-hydrogen) atoms. The Hall–Kier alpha value is -0.940. The first-order valence-electron chi connectivity index (χ1n) is 7.69. The van der Waals surface area contributed by atoms with Gasteiger partial charge in [0, 0.05) is 6.42 Å². The average molecular weight is 287 g/mol. The number of rotatable bonds is 13. The van der Waals surface area contributed by atoms with E-state index >= 15 is 0 Å². The second-order valence-corrected chi connectivity index (χ2v) is 5.47. The van der Waals surface area contributed by atoms with Gasteiger partial charge in [-0.1, -0.05) is 51.9 Å². The summed E-state index contributed by atoms with van der Waals surface area (Å²) in [6.07, 6.45) is 10.5. The lowest BCUT2D eigenvalue weighted by molar-refractivity contribution is -0.241. The molecule has 0 radical (unpaired) electrons. The Kier molecular flexibility index (Phi) is 11.3. The van der Waals surface area contributed by atoms with Crippen LogP contribution in [0.5, 0.6) is 0 Å². The highest BCUT2D eigenvalue weighted by Crippen LogP contribution is 2.21. The monoisotopic (exact) mass is 287 g/mol. The van der Waals surface area contributed by atoms with Gasteiger partial charge in [-0.15, -0.1) is 0 Å². The van der Waals surface area contributed by atoms with Crippen LogP contribution in [-0.4, -0.2) is 23.1 Å². The number of carbonyl (C=O) groups is 2. The summed E-state index contributed by atoms with van der Waals surface area (Å²) in [4.78, 5) is 25.7. The second kappa shape index (κ2) is 11.9. The standard InChI is InChI=1S/C15H29NO4/c1-2-3-4-5-6-7-8-11-15(16,14(18)20-19)12-9-10-13-17/h13,19H,2-12,16H2,1H3. The maximum atomic E-state index is 11.5. The van der Waals surface area contributed by atoms with Crippen LogP contribution in [0.4, 0.5) is 0 Å². The summed E-state index contributed by atoms with van der Waals surface area (Å²) in [6, 6.07) is 0. The number of carbonyl (C=O) groups excluding carboxylic acids is 2. The molecular weight excluding hydrogens is 258 g/mol. The molecule has 0 saturated heterocycles. The van der Waals surface area contributed by atoms with Crippen LogP contribution in [0, 0.1) is 0 Å². The van der Waals surface area contributed by atoms with Crippen molar-refractivity contribution < 1.29 is 19.7 Å². The molecule has 0 aliphatic rings. The molecule has 5 heteroatoms. The van der Waals surface area contributed by atoms with E-state index in [-0.39, 0.29) is 0 Å². The average Bonchev–Trinajstić information content (AvgIpc) is 2.45. The highest BCUT2D eigenvalue weighted by atomic mass is 17.1. The Morgan fingerprint density at radius 3 is 2.20 bits per heavy atom. The number of unbranched alkanes of at least 4 members (excludes halogenated alkanes) is 7. The third-order valence-corrected chi connectivity index (χ3v) is 3.66. The van der Waals surface area contributed by atoms with Crippen molar-refractivity contribution in [3.05, 3.63) is 0 Å². The van der Waals surface area contributed by atoms with Gasteiger partial charge in [0.05, 0.1) is 0 Å². The van der Waals surface area contributed by atoms with Crippen molar-refractivity contribution in [1.29, 1.82) is 0 Å². The quantitative estimate of drug-likeness (QED) is 0.235. The second-order valence-electron chi connectivity index (χ2n) is 5.47. The van der Waals surface area contributed by atoms with Gasteiger partial charge in [0.25, 0.3) is 0 Å². The van der Waals surface area contributed by atoms with Gasteiger partial charge in [0.2, 0.25) is 0 Å². The van der Waals surface area contributed by atoms with Crippen LogP contribution in [0.2, 0.25) is 0 Å². The fraction of sp³-hybridized carbons (Fsp3) is 0.867. The number of aldehydes is 1. The zero-order valence-corrected chi connectivity index (χ0v) is 12.6. The highest BCUT2D eigenvalue weighted by molar-refractivity contribution is 5.79. The lowest BCUT2D eigenvalue weighted by Gasteiger charge is -2.25. The summed E-state index contributed by atoms with van der Waals surface area (Å²) in [7, 11) is 0. The maximum Gasteiger partial charge on any atom is 0.361 e. The van der Waals surface area contributed by atoms with Crippen molar-refractivity contribution in [2.45, 2.75) is 83.1 Å². The van der Waals surface area contributed by atoms with Crippen LogP contribution in [0.3, 0.4) is 0 Å². The van der Waals surface area contributed by atoms with E-state index in [0.29, 0.717) is 25.7 Å². The van der Waals surface area contributed by atoms with Gasteiger partial charge in [-0.2, -0.15) is 5.26 Å². The van der Waals surface area contributed by atoms with Crippen molar-refractivity contribution in [1.82, 2.24) is 0 Å². The van der Waals surface area contributed by atoms with Gasteiger partial charge in [-0.25, -0.2) is 4.79 Å². The van der Waals surface area contributed by atoms with E-state index < -0.39 is 11.5 Å². The van der Waals surface area contributed by atoms with Crippen LogP contribution < -0.4 is 5.73 Å². The van der Waals surface area contributed by atoms with Gasteiger partial charge >= 0.3 is 5.97 Å². The smallest absolute Gasteiger partial charge is 0.316 e. The van der Waals surface area contributed by atoms with Crippen molar-refractivity contribution in [2.24, 2.45) is 5.73 Å². The third-order valence-electron chi connectivity index (χ3n) is 3.66. The van der Waals surface area contributed by atoms with E-state index in [1.54, 1.807) is 0 Å². The fourth-order valence-corrected chi connectivity index (χ4v) is 2.32. The molecule has 0 rings (SSSR count). The molecule has 0 aromatic carbocycles. The zero-order chi connectivity index (χ0) is 15.3. The first-order valence-corrected chi connectivity index (χ1v) is 7.69. The van der Waals surface area contributed by atoms with Crippen LogP contribution in [-0.2, 0) is 14.5 Å². The van der Waals surface area contributed by atoms with Crippen LogP contribution in [0.15, 0.2) is 0 Å². The molecular formula is C15H29NO4. The van der Waals surface area contributed by atoms with Crippen LogP contribution in [0.1, 0.15) is 77.6 Å². The van der Waals surface area contributed by atoms with Crippen LogP contribution in [0.25, 0.3) is 0 Å². The molecule has 0 aliphatic heterocycles. The Morgan fingerprint density at radius 1 is 1.10 bits per heavy atom. The number of hydrogen-bond donors (Lipinski definition) is 2. The highest BCUT2D eigenvalue weighted by Gasteiger charge is 2.35. The predicted molar refractivity (Wildman–Crippen MR) is 78.2 cm³/mol. The molecule has 0 bridgehead atoms. The molecule has 1 unspecified atom stereocenters. The molecule has 5 nitrogen and oxygen atoms in total. The SMILES string of the molecule is CCCCCCCCCC(N)(CCCC=O)C(=O)OO. The fourth-order valence-electron chi connectivity index (χ4n) is 2.32. The predicted octanol–water partition coefficient (Wildman–Crippen LogP) is 3.21. The Morgan fingerprint density at radius 2 is 1.65 bits per heavy atom. The molecule has 0 saturated carbocycles. The molecule has 0 fully saturated rings. The van der Waals surface area contributed by atoms with Crippen molar-refractivity contribution in [3.63, 3.8) is 0 Å². The van der Waals surface area contributed by atoms with Crippen molar-refractivity contribution in [3.8, 4) is 0 Å². The number of hydrogen-bond acceptors (Lipinski definition) is 5. The van der Waals surface area contributed by atoms with Crippen LogP contribution >= 0.6 is 0 Å². The summed E-state index contributed by atoms with van der Waals surface area (Å²) < 4.78 is 0. The first-order chi connectivity index (χ1) is 9.60. The summed E-state index contributed by atoms with van der Waals surface area (Å²) in [5.74, 6) is -0.797. The van der Waals surface area contributed by atoms with Gasteiger partial charge in [-0.3, -0.25) is 4.89 Å². The Balaban J connectivity index is 3.97. The number of nitrogens with two attached hydrogens (primary N) is 1. The minimum absolute atomic E-state index is 0.362. The van der Waals surface area contributed by atoms with Gasteiger partial charge in [0.15, 0.2) is 0 Å². The van der Waals surface area contributed by atoms with Gasteiger partial charge in [0.1, 0.15) is 11.8 Å². The van der Waals surface area contributed by atoms with Crippen molar-refractivity contribution in [2.75, 3.05) is 0 Å². The van der Waals surface area contributed by atoms with Crippen molar-refractivity contribution >= 4 is 12.3 Å². The molecule has 0 aromatic rings. The molecule has 3 N–H and O–H groups in total. The minimum atomic E-state index is -1.17. The topological polar surface area (TPSA) is 89.6 Å². The zero-order valence-electron chi connectivity index (χ0n) is 12.6. The molecule has 0 heterocycles. The molecule has 0 spiro atoms. The van der Waals surface area contributed by atoms with E-state index in [1.807, 2.05) is 0 Å². The first kappa shape index (κ1) is 19.1. The van der Waals surface area contributed by atoms with Gasteiger partial charge in [-0.05, 0) is 19.3 Å². The maximum absolute atomic E-state index is 11.5. The molecule has 0 amide bonds. The van der Waals surface area contributed by atoms with E-state index in [1.165, 1.54) is 25.7 Å². The summed E-state index contributed by atoms with van der Waals surface area (Å²) in [5.41, 5.74) is 4.84. The summed E-state index contributed by atoms with van der Waals surface area (Å²) in [6.45, 7) is 2.18. The summed E-state index contributed by atoms with van der Waals surface area (Å²) in [5, 5.41) is 8.53. The molecule has 0 aliphatic carbocycles. The lowest BCUT2D eigenvalue weighted by Crippen LogP contribution is -2.48. The minimum Gasteiger partial charge on any atom is -0.316 e. The Labute approximate surface area is 121 Å². The molecule has 118 valence electrons. The summed E-state index contributed by atoms with van der Waals surface area (Å²) >= 11 is 0. The normalized spacial score (nSPS) is 13.8. The molecule has 1 atom stereocenters. The Bertz CT molecular complexity index is 271. The largest absolute Gasteiger partial charge is 0.361 e. The lowest BCUT2D eigenvalue weighted by atomic mass is 9.88. The van der Waals surface area contributed by atoms with Gasteiger partial charge < -0.3 is 10.5 Å².